The van der Waals surface area contributed by atoms with Gasteiger partial charge in [-0.3, -0.25) is 4.79 Å². The van der Waals surface area contributed by atoms with E-state index in [1.165, 1.54) is 19.3 Å². The molecule has 0 radical (unpaired) electrons. The summed E-state index contributed by atoms with van der Waals surface area (Å²) in [5.74, 6) is 0.362. The van der Waals surface area contributed by atoms with Gasteiger partial charge in [-0.25, -0.2) is 0 Å². The van der Waals surface area contributed by atoms with Gasteiger partial charge in [0.1, 0.15) is 0 Å². The Morgan fingerprint density at radius 3 is 2.46 bits per heavy atom. The van der Waals surface area contributed by atoms with Crippen molar-refractivity contribution in [3.8, 4) is 0 Å². The number of carbonyl (C=O) groups excluding carboxylic acids is 1. The number of unbranched alkanes of at least 4 members (excludes halogenated alkanes) is 1. The smallest absolute Gasteiger partial charge is 0.222 e. The molecule has 76 valence electrons. The van der Waals surface area contributed by atoms with E-state index < -0.39 is 0 Å². The summed E-state index contributed by atoms with van der Waals surface area (Å²) < 4.78 is 0. The summed E-state index contributed by atoms with van der Waals surface area (Å²) >= 11 is 3.37. The van der Waals surface area contributed by atoms with Gasteiger partial charge in [0.2, 0.25) is 5.91 Å². The molecule has 0 aliphatic carbocycles. The van der Waals surface area contributed by atoms with Gasteiger partial charge in [0, 0.05) is 24.8 Å². The van der Waals surface area contributed by atoms with Crippen LogP contribution >= 0.6 is 15.9 Å². The molecule has 1 saturated heterocycles. The van der Waals surface area contributed by atoms with Crippen molar-refractivity contribution in [1.82, 2.24) is 4.90 Å². The monoisotopic (exact) mass is 247 g/mol. The van der Waals surface area contributed by atoms with Crippen molar-refractivity contribution >= 4 is 21.8 Å². The van der Waals surface area contributed by atoms with Crippen molar-refractivity contribution in [1.29, 1.82) is 0 Å². The van der Waals surface area contributed by atoms with E-state index in [1.807, 2.05) is 4.90 Å². The fourth-order valence-electron chi connectivity index (χ4n) is 1.67. The van der Waals surface area contributed by atoms with Gasteiger partial charge >= 0.3 is 0 Å². The third kappa shape index (κ3) is 4.12. The van der Waals surface area contributed by atoms with Crippen LogP contribution in [0.2, 0.25) is 0 Å². The molecule has 1 rings (SSSR count). The topological polar surface area (TPSA) is 20.3 Å². The van der Waals surface area contributed by atoms with Gasteiger partial charge in [0.25, 0.3) is 0 Å². The zero-order valence-electron chi connectivity index (χ0n) is 8.10. The van der Waals surface area contributed by atoms with Crippen molar-refractivity contribution in [3.63, 3.8) is 0 Å². The fraction of sp³-hybridized carbons (Fsp3) is 0.900. The minimum Gasteiger partial charge on any atom is -0.343 e. The maximum Gasteiger partial charge on any atom is 0.222 e. The highest BCUT2D eigenvalue weighted by atomic mass is 79.9. The van der Waals surface area contributed by atoms with Crippen LogP contribution in [0.3, 0.4) is 0 Å². The minimum atomic E-state index is 0.362. The summed E-state index contributed by atoms with van der Waals surface area (Å²) in [6, 6.07) is 0. The molecule has 0 spiro atoms. The SMILES string of the molecule is O=C(CCCCBr)N1CCCCC1. The zero-order valence-corrected chi connectivity index (χ0v) is 9.68. The summed E-state index contributed by atoms with van der Waals surface area (Å²) in [5.41, 5.74) is 0. The first kappa shape index (κ1) is 11.0. The van der Waals surface area contributed by atoms with Gasteiger partial charge in [-0.1, -0.05) is 15.9 Å². The minimum absolute atomic E-state index is 0.362. The van der Waals surface area contributed by atoms with Crippen molar-refractivity contribution in [2.24, 2.45) is 0 Å². The third-order valence-electron chi connectivity index (χ3n) is 2.48. The standard InChI is InChI=1S/C10H18BrNO/c11-7-3-2-6-10(13)12-8-4-1-5-9-12/h1-9H2. The maximum atomic E-state index is 11.6. The Labute approximate surface area is 88.8 Å². The van der Waals surface area contributed by atoms with Crippen molar-refractivity contribution < 1.29 is 4.79 Å². The van der Waals surface area contributed by atoms with Crippen LogP contribution in [0.5, 0.6) is 0 Å². The number of hydrogen-bond acceptors (Lipinski definition) is 1. The molecular weight excluding hydrogens is 230 g/mol. The van der Waals surface area contributed by atoms with E-state index in [1.54, 1.807) is 0 Å². The molecule has 13 heavy (non-hydrogen) atoms. The van der Waals surface area contributed by atoms with Crippen LogP contribution in [-0.2, 0) is 4.79 Å². The molecule has 0 atom stereocenters. The van der Waals surface area contributed by atoms with Gasteiger partial charge in [-0.2, -0.15) is 0 Å². The van der Waals surface area contributed by atoms with Crippen LogP contribution in [0.25, 0.3) is 0 Å². The van der Waals surface area contributed by atoms with E-state index >= 15 is 0 Å². The van der Waals surface area contributed by atoms with Crippen LogP contribution in [0.15, 0.2) is 0 Å². The summed E-state index contributed by atoms with van der Waals surface area (Å²) in [4.78, 5) is 13.6. The Hall–Kier alpha value is -0.0500. The second kappa shape index (κ2) is 6.41. The van der Waals surface area contributed by atoms with Crippen molar-refractivity contribution in [2.75, 3.05) is 18.4 Å². The molecule has 0 aromatic carbocycles. The van der Waals surface area contributed by atoms with Gasteiger partial charge in [-0.15, -0.1) is 0 Å². The molecule has 0 aromatic rings. The molecule has 1 aliphatic rings. The lowest BCUT2D eigenvalue weighted by Gasteiger charge is -2.26. The first-order valence-corrected chi connectivity index (χ1v) is 6.30. The Morgan fingerprint density at radius 1 is 1.15 bits per heavy atom. The largest absolute Gasteiger partial charge is 0.343 e. The van der Waals surface area contributed by atoms with Crippen molar-refractivity contribution in [2.45, 2.75) is 38.5 Å². The Kier molecular flexibility index (Phi) is 5.44. The second-order valence-corrected chi connectivity index (χ2v) is 4.38. The second-order valence-electron chi connectivity index (χ2n) is 3.59. The van der Waals surface area contributed by atoms with Crippen LogP contribution < -0.4 is 0 Å². The molecule has 0 saturated carbocycles. The van der Waals surface area contributed by atoms with Crippen LogP contribution in [0, 0.1) is 0 Å². The summed E-state index contributed by atoms with van der Waals surface area (Å²) in [5, 5.41) is 1.01. The summed E-state index contributed by atoms with van der Waals surface area (Å²) in [6.07, 6.45) is 6.57. The number of nitrogens with zero attached hydrogens (tertiary/aromatic N) is 1. The number of halogens is 1. The molecule has 1 amide bonds. The normalized spacial score (nSPS) is 17.5. The Balaban J connectivity index is 2.13. The molecule has 1 fully saturated rings. The van der Waals surface area contributed by atoms with Crippen LogP contribution in [0.4, 0.5) is 0 Å². The predicted octanol–water partition coefficient (Wildman–Crippen LogP) is 2.56. The molecule has 0 aromatic heterocycles. The molecule has 0 N–H and O–H groups in total. The number of hydrogen-bond donors (Lipinski definition) is 0. The first-order chi connectivity index (χ1) is 6.34. The third-order valence-corrected chi connectivity index (χ3v) is 3.04. The molecule has 0 bridgehead atoms. The fourth-order valence-corrected chi connectivity index (χ4v) is 2.07. The lowest BCUT2D eigenvalue weighted by atomic mass is 10.1. The first-order valence-electron chi connectivity index (χ1n) is 5.18. The predicted molar refractivity (Wildman–Crippen MR) is 58.1 cm³/mol. The van der Waals surface area contributed by atoms with Crippen molar-refractivity contribution in [3.05, 3.63) is 0 Å². The van der Waals surface area contributed by atoms with E-state index in [2.05, 4.69) is 15.9 Å². The van der Waals surface area contributed by atoms with Gasteiger partial charge < -0.3 is 4.90 Å². The molecule has 1 heterocycles. The quantitative estimate of drug-likeness (QED) is 0.553. The highest BCUT2D eigenvalue weighted by Gasteiger charge is 2.15. The molecule has 2 nitrogen and oxygen atoms in total. The zero-order chi connectivity index (χ0) is 9.52. The highest BCUT2D eigenvalue weighted by Crippen LogP contribution is 2.11. The van der Waals surface area contributed by atoms with Crippen LogP contribution in [0.1, 0.15) is 38.5 Å². The molecular formula is C10H18BrNO. The number of piperidine rings is 1. The average Bonchev–Trinajstić information content (AvgIpc) is 2.19. The van der Waals surface area contributed by atoms with Gasteiger partial charge in [0.15, 0.2) is 0 Å². The molecule has 3 heteroatoms. The lowest BCUT2D eigenvalue weighted by Crippen LogP contribution is -2.35. The van der Waals surface area contributed by atoms with Crippen LogP contribution in [-0.4, -0.2) is 29.2 Å². The van der Waals surface area contributed by atoms with E-state index in [-0.39, 0.29) is 0 Å². The molecule has 0 unspecified atom stereocenters. The molecule has 1 aliphatic heterocycles. The Bertz CT molecular complexity index is 155. The van der Waals surface area contributed by atoms with Gasteiger partial charge in [0.05, 0.1) is 0 Å². The number of amides is 1. The van der Waals surface area contributed by atoms with E-state index in [4.69, 9.17) is 0 Å². The average molecular weight is 248 g/mol. The van der Waals surface area contributed by atoms with E-state index in [0.717, 1.165) is 37.7 Å². The highest BCUT2D eigenvalue weighted by molar-refractivity contribution is 9.09. The summed E-state index contributed by atoms with van der Waals surface area (Å²) in [7, 11) is 0. The Morgan fingerprint density at radius 2 is 1.85 bits per heavy atom. The maximum absolute atomic E-state index is 11.6. The van der Waals surface area contributed by atoms with E-state index in [0.29, 0.717) is 5.91 Å². The van der Waals surface area contributed by atoms with E-state index in [9.17, 15) is 4.79 Å². The number of carbonyl (C=O) groups is 1. The summed E-state index contributed by atoms with van der Waals surface area (Å²) in [6.45, 7) is 1.99. The number of likely N-dealkylation sites (tertiary alicyclic amines) is 1. The number of alkyl halides is 1. The number of rotatable bonds is 4. The lowest BCUT2D eigenvalue weighted by molar-refractivity contribution is -0.132. The van der Waals surface area contributed by atoms with Gasteiger partial charge in [-0.05, 0) is 32.1 Å².